The van der Waals surface area contributed by atoms with Crippen molar-refractivity contribution in [3.8, 4) is 5.75 Å². The Morgan fingerprint density at radius 2 is 1.44 bits per heavy atom. The van der Waals surface area contributed by atoms with Crippen molar-refractivity contribution < 1.29 is 27.5 Å². The summed E-state index contributed by atoms with van der Waals surface area (Å²) in [5.74, 6) is -0.488. The largest absolute Gasteiger partial charge is 0.497 e. The molecule has 0 bridgehead atoms. The lowest BCUT2D eigenvalue weighted by molar-refractivity contribution is 0.0610. The number of rotatable bonds is 9. The molecule has 0 saturated carbocycles. The van der Waals surface area contributed by atoms with E-state index in [1.165, 1.54) is 33.5 Å². The van der Waals surface area contributed by atoms with E-state index in [0.717, 1.165) is 31.1 Å². The number of nitrogens with zero attached hydrogens (tertiary/aromatic N) is 3. The summed E-state index contributed by atoms with van der Waals surface area (Å²) in [7, 11) is -2.12. The lowest BCUT2D eigenvalue weighted by Crippen LogP contribution is -2.42. The van der Waals surface area contributed by atoms with Crippen molar-refractivity contribution in [2.24, 2.45) is 0 Å². The fraction of sp³-hybridized carbons (Fsp3) is 0.286. The van der Waals surface area contributed by atoms with E-state index in [1.807, 2.05) is 12.1 Å². The highest BCUT2D eigenvalue weighted by Crippen LogP contribution is 2.31. The van der Waals surface area contributed by atoms with Gasteiger partial charge in [-0.15, -0.1) is 0 Å². The Morgan fingerprint density at radius 1 is 0.822 bits per heavy atom. The molecule has 0 radical (unpaired) electrons. The average Bonchev–Trinajstić information content (AvgIpc) is 3.37. The Morgan fingerprint density at radius 3 is 2.07 bits per heavy atom. The van der Waals surface area contributed by atoms with E-state index < -0.39 is 10.0 Å². The van der Waals surface area contributed by atoms with E-state index in [0.29, 0.717) is 53.0 Å². The minimum absolute atomic E-state index is 0.114. The van der Waals surface area contributed by atoms with Gasteiger partial charge in [-0.05, 0) is 73.2 Å². The maximum absolute atomic E-state index is 13.9. The second kappa shape index (κ2) is 12.8. The Labute approximate surface area is 263 Å². The molecule has 4 aromatic carbocycles. The van der Waals surface area contributed by atoms with Gasteiger partial charge in [0.25, 0.3) is 17.7 Å². The molecule has 1 saturated heterocycles. The molecule has 2 aliphatic rings. The number of ether oxygens (including phenoxy) is 1. The van der Waals surface area contributed by atoms with Gasteiger partial charge in [0.2, 0.25) is 10.0 Å². The molecule has 0 unspecified atom stereocenters. The number of benzene rings is 4. The van der Waals surface area contributed by atoms with Gasteiger partial charge in [0.15, 0.2) is 0 Å². The second-order valence-electron chi connectivity index (χ2n) is 11.3. The normalized spacial score (nSPS) is 15.6. The standard InChI is InChI=1S/C35H35N3O6S/c1-44-28-13-8-12-27(24-28)37(33(39)26-16-18-29(19-17-26)45(42,43)36-20-4-2-3-5-21-36)22-9-23-38-34(40)30-14-6-10-25-11-7-15-31(32(25)30)35(38)41/h6-8,10-19,24H,2-5,9,20-23H2,1H3. The summed E-state index contributed by atoms with van der Waals surface area (Å²) >= 11 is 0. The summed E-state index contributed by atoms with van der Waals surface area (Å²) in [4.78, 5) is 43.7. The number of amides is 3. The van der Waals surface area contributed by atoms with Crippen LogP contribution < -0.4 is 9.64 Å². The topological polar surface area (TPSA) is 104 Å². The lowest BCUT2D eigenvalue weighted by Gasteiger charge is -2.29. The van der Waals surface area contributed by atoms with Crippen molar-refractivity contribution in [3.05, 3.63) is 102 Å². The van der Waals surface area contributed by atoms with Crippen molar-refractivity contribution in [1.29, 1.82) is 0 Å². The zero-order valence-electron chi connectivity index (χ0n) is 25.1. The monoisotopic (exact) mass is 625 g/mol. The first kappa shape index (κ1) is 30.5. The van der Waals surface area contributed by atoms with Gasteiger partial charge in [-0.25, -0.2) is 8.42 Å². The molecule has 0 aromatic heterocycles. The molecule has 45 heavy (non-hydrogen) atoms. The van der Waals surface area contributed by atoms with Gasteiger partial charge in [0, 0.05) is 60.0 Å². The molecule has 1 fully saturated rings. The predicted molar refractivity (Wildman–Crippen MR) is 172 cm³/mol. The van der Waals surface area contributed by atoms with E-state index in [-0.39, 0.29) is 35.7 Å². The van der Waals surface area contributed by atoms with Crippen LogP contribution in [0.4, 0.5) is 5.69 Å². The molecule has 4 aromatic rings. The third-order valence-corrected chi connectivity index (χ3v) is 10.4. The molecule has 2 heterocycles. The fourth-order valence-corrected chi connectivity index (χ4v) is 7.67. The van der Waals surface area contributed by atoms with Crippen LogP contribution in [0.1, 0.15) is 63.2 Å². The van der Waals surface area contributed by atoms with Crippen LogP contribution in [0.25, 0.3) is 10.8 Å². The first-order valence-corrected chi connectivity index (χ1v) is 16.7. The molecule has 3 amide bonds. The second-order valence-corrected chi connectivity index (χ2v) is 13.3. The molecule has 0 N–H and O–H groups in total. The number of hydrogen-bond donors (Lipinski definition) is 0. The van der Waals surface area contributed by atoms with Crippen molar-refractivity contribution in [2.45, 2.75) is 37.0 Å². The van der Waals surface area contributed by atoms with Crippen LogP contribution in [0, 0.1) is 0 Å². The highest BCUT2D eigenvalue weighted by Gasteiger charge is 2.33. The summed E-state index contributed by atoms with van der Waals surface area (Å²) in [6, 6.07) is 24.0. The smallest absolute Gasteiger partial charge is 0.261 e. The van der Waals surface area contributed by atoms with E-state index in [9.17, 15) is 22.8 Å². The van der Waals surface area contributed by atoms with E-state index >= 15 is 0 Å². The minimum atomic E-state index is -3.66. The Balaban J connectivity index is 1.22. The van der Waals surface area contributed by atoms with Gasteiger partial charge in [0.1, 0.15) is 5.75 Å². The predicted octanol–water partition coefficient (Wildman–Crippen LogP) is 5.75. The first-order valence-electron chi connectivity index (χ1n) is 15.2. The quantitative estimate of drug-likeness (QED) is 0.220. The van der Waals surface area contributed by atoms with Crippen molar-refractivity contribution in [3.63, 3.8) is 0 Å². The number of carbonyl (C=O) groups is 3. The molecule has 0 spiro atoms. The molecule has 232 valence electrons. The number of methoxy groups -OCH3 is 1. The van der Waals surface area contributed by atoms with E-state index in [1.54, 1.807) is 60.5 Å². The van der Waals surface area contributed by atoms with Gasteiger partial charge in [-0.3, -0.25) is 19.3 Å². The average molecular weight is 626 g/mol. The van der Waals surface area contributed by atoms with Crippen molar-refractivity contribution >= 4 is 44.2 Å². The van der Waals surface area contributed by atoms with Gasteiger partial charge in [0.05, 0.1) is 12.0 Å². The van der Waals surface area contributed by atoms with Crippen molar-refractivity contribution in [2.75, 3.05) is 38.2 Å². The molecule has 0 atom stereocenters. The third-order valence-electron chi connectivity index (χ3n) is 8.53. The molecule has 6 rings (SSSR count). The highest BCUT2D eigenvalue weighted by molar-refractivity contribution is 7.89. The number of sulfonamides is 1. The van der Waals surface area contributed by atoms with E-state index in [2.05, 4.69) is 0 Å². The van der Waals surface area contributed by atoms with Gasteiger partial charge in [-0.1, -0.05) is 43.2 Å². The lowest BCUT2D eigenvalue weighted by atomic mass is 9.94. The summed E-state index contributed by atoms with van der Waals surface area (Å²) in [5, 5.41) is 1.51. The zero-order valence-corrected chi connectivity index (χ0v) is 26.0. The third kappa shape index (κ3) is 5.95. The first-order chi connectivity index (χ1) is 21.8. The Hall–Kier alpha value is -4.54. The molecule has 0 aliphatic carbocycles. The maximum atomic E-state index is 13.9. The Kier molecular flexibility index (Phi) is 8.69. The van der Waals surface area contributed by atoms with Gasteiger partial charge < -0.3 is 9.64 Å². The SMILES string of the molecule is COc1cccc(N(CCCN2C(=O)c3cccc4cccc(c34)C2=O)C(=O)c2ccc(S(=O)(=O)N3CCCCCC3)cc2)c1. The molecular weight excluding hydrogens is 590 g/mol. The van der Waals surface area contributed by atoms with E-state index in [4.69, 9.17) is 4.74 Å². The van der Waals surface area contributed by atoms with Gasteiger partial charge >= 0.3 is 0 Å². The van der Waals surface area contributed by atoms with Crippen LogP contribution in [0.2, 0.25) is 0 Å². The molecule has 9 nitrogen and oxygen atoms in total. The fourth-order valence-electron chi connectivity index (χ4n) is 6.15. The van der Waals surface area contributed by atoms with Crippen LogP contribution in [0.3, 0.4) is 0 Å². The summed E-state index contributed by atoms with van der Waals surface area (Å²) in [6.07, 6.45) is 4.02. The summed E-state index contributed by atoms with van der Waals surface area (Å²) in [5.41, 5.74) is 1.86. The number of hydrogen-bond acceptors (Lipinski definition) is 6. The van der Waals surface area contributed by atoms with Crippen LogP contribution in [0.5, 0.6) is 5.75 Å². The maximum Gasteiger partial charge on any atom is 0.261 e. The summed E-state index contributed by atoms with van der Waals surface area (Å²) in [6.45, 7) is 1.30. The Bertz CT molecular complexity index is 1810. The van der Waals surface area contributed by atoms with Crippen LogP contribution >= 0.6 is 0 Å². The molecule has 10 heteroatoms. The zero-order chi connectivity index (χ0) is 31.6. The number of anilines is 1. The van der Waals surface area contributed by atoms with Crippen LogP contribution in [0.15, 0.2) is 89.8 Å². The summed E-state index contributed by atoms with van der Waals surface area (Å²) < 4.78 is 33.5. The molecule has 2 aliphatic heterocycles. The number of imide groups is 1. The van der Waals surface area contributed by atoms with Crippen LogP contribution in [-0.4, -0.2) is 68.6 Å². The van der Waals surface area contributed by atoms with Gasteiger partial charge in [-0.2, -0.15) is 4.31 Å². The minimum Gasteiger partial charge on any atom is -0.497 e. The van der Waals surface area contributed by atoms with Crippen LogP contribution in [-0.2, 0) is 10.0 Å². The highest BCUT2D eigenvalue weighted by atomic mass is 32.2. The molecular formula is C35H35N3O6S. The number of carbonyl (C=O) groups excluding carboxylic acids is 3. The van der Waals surface area contributed by atoms with Crippen molar-refractivity contribution in [1.82, 2.24) is 9.21 Å².